The summed E-state index contributed by atoms with van der Waals surface area (Å²) in [5.74, 6) is -1.40. The van der Waals surface area contributed by atoms with E-state index in [2.05, 4.69) is 20.6 Å². The van der Waals surface area contributed by atoms with E-state index in [1.54, 1.807) is 6.20 Å². The third-order valence-corrected chi connectivity index (χ3v) is 3.35. The van der Waals surface area contributed by atoms with Crippen LogP contribution >= 0.6 is 0 Å². The molecule has 0 bridgehead atoms. The quantitative estimate of drug-likeness (QED) is 0.679. The highest BCUT2D eigenvalue weighted by Crippen LogP contribution is 2.25. The van der Waals surface area contributed by atoms with Gasteiger partial charge in [-0.15, -0.1) is 0 Å². The average Bonchev–Trinajstić information content (AvgIpc) is 3.14. The zero-order valence-electron chi connectivity index (χ0n) is 12.1. The lowest BCUT2D eigenvalue weighted by molar-refractivity contribution is 0.0692. The summed E-state index contributed by atoms with van der Waals surface area (Å²) in [5.41, 5.74) is 1.38. The van der Waals surface area contributed by atoms with Crippen molar-refractivity contribution in [3.05, 3.63) is 54.0 Å². The third-order valence-electron chi connectivity index (χ3n) is 3.35. The number of aromatic carboxylic acids is 1. The van der Waals surface area contributed by atoms with Crippen LogP contribution in [0.2, 0.25) is 0 Å². The largest absolute Gasteiger partial charge is 0.478 e. The molecule has 2 aromatic heterocycles. The van der Waals surface area contributed by atoms with Crippen molar-refractivity contribution < 1.29 is 14.7 Å². The maximum Gasteiger partial charge on any atom is 0.339 e. The number of nitrogens with zero attached hydrogens (tertiary/aromatic N) is 3. The summed E-state index contributed by atoms with van der Waals surface area (Å²) in [4.78, 5) is 23.6. The summed E-state index contributed by atoms with van der Waals surface area (Å²) >= 11 is 0. The summed E-state index contributed by atoms with van der Waals surface area (Å²) in [6.45, 7) is 0. The van der Waals surface area contributed by atoms with Crippen LogP contribution < -0.4 is 5.32 Å². The maximum atomic E-state index is 12.4. The van der Waals surface area contributed by atoms with Crippen LogP contribution in [0.15, 0.2) is 42.7 Å². The summed E-state index contributed by atoms with van der Waals surface area (Å²) in [5, 5.41) is 22.2. The van der Waals surface area contributed by atoms with Crippen LogP contribution in [0.25, 0.3) is 11.1 Å². The van der Waals surface area contributed by atoms with Crippen LogP contribution in [-0.2, 0) is 7.05 Å². The number of carbonyl (C=O) groups is 2. The molecule has 2 heterocycles. The smallest absolute Gasteiger partial charge is 0.339 e. The standard InChI is InChI=1S/C15H13N5O3/c1-20-12(11(8-17-20)15(22)23)14(21)18-13-10(7-16-19-13)9-5-3-2-4-6-9/h2-8H,1H3,(H,22,23)(H2,16,18,19,21). The predicted molar refractivity (Wildman–Crippen MR) is 82.1 cm³/mol. The van der Waals surface area contributed by atoms with Gasteiger partial charge < -0.3 is 10.4 Å². The van der Waals surface area contributed by atoms with E-state index in [1.165, 1.54) is 11.7 Å². The van der Waals surface area contributed by atoms with Crippen molar-refractivity contribution >= 4 is 17.7 Å². The first-order chi connectivity index (χ1) is 11.1. The van der Waals surface area contributed by atoms with E-state index in [1.807, 2.05) is 30.3 Å². The number of H-pyrrole nitrogens is 1. The van der Waals surface area contributed by atoms with Gasteiger partial charge in [0.25, 0.3) is 5.91 Å². The van der Waals surface area contributed by atoms with Gasteiger partial charge in [0.1, 0.15) is 17.1 Å². The molecule has 3 N–H and O–H groups in total. The molecule has 0 aliphatic heterocycles. The van der Waals surface area contributed by atoms with Crippen LogP contribution in [-0.4, -0.2) is 37.0 Å². The fourth-order valence-electron chi connectivity index (χ4n) is 2.25. The van der Waals surface area contributed by atoms with Gasteiger partial charge in [0.05, 0.1) is 12.4 Å². The van der Waals surface area contributed by atoms with Gasteiger partial charge >= 0.3 is 5.97 Å². The molecule has 0 radical (unpaired) electrons. The highest BCUT2D eigenvalue weighted by Gasteiger charge is 2.23. The zero-order chi connectivity index (χ0) is 16.4. The van der Waals surface area contributed by atoms with Crippen molar-refractivity contribution in [2.75, 3.05) is 5.32 Å². The Morgan fingerprint density at radius 1 is 1.22 bits per heavy atom. The molecule has 0 unspecified atom stereocenters. The number of carboxylic acid groups (broad SMARTS) is 1. The molecular formula is C15H13N5O3. The van der Waals surface area contributed by atoms with E-state index in [0.717, 1.165) is 11.8 Å². The molecule has 23 heavy (non-hydrogen) atoms. The Hall–Kier alpha value is -3.42. The number of anilines is 1. The molecule has 3 rings (SSSR count). The Balaban J connectivity index is 1.93. The van der Waals surface area contributed by atoms with Crippen LogP contribution in [0, 0.1) is 0 Å². The number of carbonyl (C=O) groups excluding carboxylic acids is 1. The molecule has 116 valence electrons. The normalized spacial score (nSPS) is 10.5. The second kappa shape index (κ2) is 5.76. The van der Waals surface area contributed by atoms with E-state index < -0.39 is 11.9 Å². The Morgan fingerprint density at radius 3 is 2.65 bits per heavy atom. The third kappa shape index (κ3) is 2.69. The number of carboxylic acids is 1. The van der Waals surface area contributed by atoms with Gasteiger partial charge in [-0.2, -0.15) is 10.2 Å². The summed E-state index contributed by atoms with van der Waals surface area (Å²) in [6.07, 6.45) is 2.73. The van der Waals surface area contributed by atoms with Crippen LogP contribution in [0.4, 0.5) is 5.82 Å². The van der Waals surface area contributed by atoms with Gasteiger partial charge in [-0.1, -0.05) is 30.3 Å². The fraction of sp³-hybridized carbons (Fsp3) is 0.0667. The lowest BCUT2D eigenvalue weighted by atomic mass is 10.1. The van der Waals surface area contributed by atoms with Crippen molar-refractivity contribution in [1.82, 2.24) is 20.0 Å². The highest BCUT2D eigenvalue weighted by atomic mass is 16.4. The lowest BCUT2D eigenvalue weighted by Crippen LogP contribution is -2.20. The van der Waals surface area contributed by atoms with Gasteiger partial charge in [0.2, 0.25) is 0 Å². The number of aromatic amines is 1. The minimum atomic E-state index is -1.21. The first-order valence-corrected chi connectivity index (χ1v) is 6.73. The van der Waals surface area contributed by atoms with Gasteiger partial charge in [0, 0.05) is 12.6 Å². The van der Waals surface area contributed by atoms with Crippen LogP contribution in [0.1, 0.15) is 20.8 Å². The van der Waals surface area contributed by atoms with E-state index >= 15 is 0 Å². The molecular weight excluding hydrogens is 298 g/mol. The molecule has 8 heteroatoms. The summed E-state index contributed by atoms with van der Waals surface area (Å²) < 4.78 is 1.22. The second-order valence-electron chi connectivity index (χ2n) is 4.81. The number of aromatic nitrogens is 4. The van der Waals surface area contributed by atoms with Gasteiger partial charge in [0.15, 0.2) is 0 Å². The molecule has 8 nitrogen and oxygen atoms in total. The molecule has 1 amide bonds. The SMILES string of the molecule is Cn1ncc(C(=O)O)c1C(=O)Nc1[nH]ncc1-c1ccccc1. The van der Waals surface area contributed by atoms with Crippen LogP contribution in [0.3, 0.4) is 0 Å². The molecule has 0 saturated carbocycles. The number of hydrogen-bond donors (Lipinski definition) is 3. The van der Waals surface area contributed by atoms with E-state index in [4.69, 9.17) is 5.11 Å². The minimum Gasteiger partial charge on any atom is -0.478 e. The van der Waals surface area contributed by atoms with Gasteiger partial charge in [-0.3, -0.25) is 14.6 Å². The predicted octanol–water partition coefficient (Wildman–Crippen LogP) is 1.76. The maximum absolute atomic E-state index is 12.4. The minimum absolute atomic E-state index is 0.0360. The number of rotatable bonds is 4. The van der Waals surface area contributed by atoms with Gasteiger partial charge in [-0.25, -0.2) is 4.79 Å². The Morgan fingerprint density at radius 2 is 1.96 bits per heavy atom. The number of nitrogens with one attached hydrogen (secondary N) is 2. The van der Waals surface area contributed by atoms with Crippen LogP contribution in [0.5, 0.6) is 0 Å². The number of amides is 1. The Bertz CT molecular complexity index is 866. The Labute approximate surface area is 130 Å². The number of benzene rings is 1. The van der Waals surface area contributed by atoms with Crippen molar-refractivity contribution in [3.8, 4) is 11.1 Å². The summed E-state index contributed by atoms with van der Waals surface area (Å²) in [7, 11) is 1.51. The molecule has 3 aromatic rings. The molecule has 0 fully saturated rings. The molecule has 0 aliphatic carbocycles. The first-order valence-electron chi connectivity index (χ1n) is 6.73. The van der Waals surface area contributed by atoms with E-state index in [0.29, 0.717) is 11.4 Å². The van der Waals surface area contributed by atoms with Crippen molar-refractivity contribution in [1.29, 1.82) is 0 Å². The lowest BCUT2D eigenvalue weighted by Gasteiger charge is -2.07. The van der Waals surface area contributed by atoms with Crippen molar-refractivity contribution in [3.63, 3.8) is 0 Å². The van der Waals surface area contributed by atoms with Crippen molar-refractivity contribution in [2.24, 2.45) is 7.05 Å². The molecule has 1 aromatic carbocycles. The molecule has 0 atom stereocenters. The fourth-order valence-corrected chi connectivity index (χ4v) is 2.25. The van der Waals surface area contributed by atoms with Crippen molar-refractivity contribution in [2.45, 2.75) is 0 Å². The van der Waals surface area contributed by atoms with E-state index in [-0.39, 0.29) is 11.3 Å². The first kappa shape index (κ1) is 14.5. The summed E-state index contributed by atoms with van der Waals surface area (Å²) in [6, 6.07) is 9.40. The average molecular weight is 311 g/mol. The topological polar surface area (TPSA) is 113 Å². The zero-order valence-corrected chi connectivity index (χ0v) is 12.1. The number of hydrogen-bond acceptors (Lipinski definition) is 4. The Kier molecular flexibility index (Phi) is 3.63. The second-order valence-corrected chi connectivity index (χ2v) is 4.81. The molecule has 0 saturated heterocycles. The monoisotopic (exact) mass is 311 g/mol. The molecule has 0 aliphatic rings. The highest BCUT2D eigenvalue weighted by molar-refractivity contribution is 6.10. The number of aryl methyl sites for hydroxylation is 1. The molecule has 0 spiro atoms. The van der Waals surface area contributed by atoms with Gasteiger partial charge in [-0.05, 0) is 5.56 Å². The van der Waals surface area contributed by atoms with E-state index in [9.17, 15) is 9.59 Å².